The highest BCUT2D eigenvalue weighted by Gasteiger charge is 2.37. The number of benzene rings is 2. The molecule has 8 heteroatoms. The summed E-state index contributed by atoms with van der Waals surface area (Å²) in [5.74, 6) is 3.68. The maximum absolute atomic E-state index is 11.2. The van der Waals surface area contributed by atoms with Crippen LogP contribution in [0.25, 0.3) is 0 Å². The molecule has 4 saturated carbocycles. The van der Waals surface area contributed by atoms with Gasteiger partial charge in [0.2, 0.25) is 0 Å². The summed E-state index contributed by atoms with van der Waals surface area (Å²) in [6.07, 6.45) is 14.7. The SMILES string of the molecule is COc1ccc(C2CCC(C)C2CC(=O)O)cc1OC1CCCC1.COc1ccc(C2CCC(C)C2CC(=O)O)cc1OC1CCCC1. The van der Waals surface area contributed by atoms with Crippen molar-refractivity contribution < 1.29 is 38.7 Å². The van der Waals surface area contributed by atoms with Gasteiger partial charge < -0.3 is 29.2 Å². The number of hydrogen-bond acceptors (Lipinski definition) is 6. The Balaban J connectivity index is 0.000000188. The molecular weight excluding hydrogens is 608 g/mol. The first-order valence-electron chi connectivity index (χ1n) is 18.3. The molecule has 2 aromatic rings. The van der Waals surface area contributed by atoms with Crippen molar-refractivity contribution in [3.05, 3.63) is 47.5 Å². The zero-order chi connectivity index (χ0) is 34.2. The van der Waals surface area contributed by atoms with E-state index < -0.39 is 11.9 Å². The minimum absolute atomic E-state index is 0.204. The molecule has 0 saturated heterocycles. The van der Waals surface area contributed by atoms with E-state index in [0.717, 1.165) is 74.4 Å². The normalized spacial score (nSPS) is 27.3. The van der Waals surface area contributed by atoms with Crippen LogP contribution in [0.3, 0.4) is 0 Å². The Hall–Kier alpha value is -3.42. The average molecular weight is 665 g/mol. The molecule has 4 fully saturated rings. The van der Waals surface area contributed by atoms with Crippen molar-refractivity contribution in [2.45, 2.75) is 128 Å². The molecule has 0 aliphatic heterocycles. The number of ether oxygens (including phenoxy) is 4. The molecule has 0 radical (unpaired) electrons. The molecule has 264 valence electrons. The Morgan fingerprint density at radius 1 is 0.583 bits per heavy atom. The van der Waals surface area contributed by atoms with Gasteiger partial charge >= 0.3 is 11.9 Å². The predicted molar refractivity (Wildman–Crippen MR) is 186 cm³/mol. The van der Waals surface area contributed by atoms with Gasteiger partial charge in [-0.05, 0) is 148 Å². The zero-order valence-electron chi connectivity index (χ0n) is 29.3. The van der Waals surface area contributed by atoms with E-state index in [9.17, 15) is 19.8 Å². The second kappa shape index (κ2) is 16.8. The fraction of sp³-hybridized carbons (Fsp3) is 0.650. The number of rotatable bonds is 12. The summed E-state index contributed by atoms with van der Waals surface area (Å²) < 4.78 is 23.3. The summed E-state index contributed by atoms with van der Waals surface area (Å²) in [4.78, 5) is 22.5. The summed E-state index contributed by atoms with van der Waals surface area (Å²) >= 11 is 0. The Morgan fingerprint density at radius 3 is 1.29 bits per heavy atom. The first-order valence-corrected chi connectivity index (χ1v) is 18.3. The van der Waals surface area contributed by atoms with Crippen molar-refractivity contribution in [2.75, 3.05) is 14.2 Å². The van der Waals surface area contributed by atoms with Gasteiger partial charge in [0.1, 0.15) is 0 Å². The van der Waals surface area contributed by atoms with E-state index in [-0.39, 0.29) is 36.9 Å². The van der Waals surface area contributed by atoms with E-state index >= 15 is 0 Å². The smallest absolute Gasteiger partial charge is 0.303 e. The monoisotopic (exact) mass is 664 g/mol. The van der Waals surface area contributed by atoms with Crippen LogP contribution in [0.2, 0.25) is 0 Å². The molecule has 4 aliphatic carbocycles. The highest BCUT2D eigenvalue weighted by molar-refractivity contribution is 5.68. The molecule has 6 unspecified atom stereocenters. The summed E-state index contributed by atoms with van der Waals surface area (Å²) in [6.45, 7) is 4.35. The third-order valence-corrected chi connectivity index (χ3v) is 11.6. The first-order chi connectivity index (χ1) is 23.2. The van der Waals surface area contributed by atoms with Crippen molar-refractivity contribution in [1.82, 2.24) is 0 Å². The molecule has 6 rings (SSSR count). The van der Waals surface area contributed by atoms with Crippen LogP contribution in [0.15, 0.2) is 36.4 Å². The molecular formula is C40H56O8. The Kier molecular flexibility index (Phi) is 12.6. The van der Waals surface area contributed by atoms with Gasteiger partial charge in [0.15, 0.2) is 23.0 Å². The van der Waals surface area contributed by atoms with Gasteiger partial charge in [-0.3, -0.25) is 9.59 Å². The summed E-state index contributed by atoms with van der Waals surface area (Å²) in [5.41, 5.74) is 2.39. The van der Waals surface area contributed by atoms with Gasteiger partial charge in [0, 0.05) is 12.8 Å². The lowest BCUT2D eigenvalue weighted by molar-refractivity contribution is -0.139. The molecule has 4 aliphatic rings. The van der Waals surface area contributed by atoms with Crippen molar-refractivity contribution in [2.24, 2.45) is 23.7 Å². The molecule has 0 amide bonds. The van der Waals surface area contributed by atoms with Crippen molar-refractivity contribution in [3.63, 3.8) is 0 Å². The summed E-state index contributed by atoms with van der Waals surface area (Å²) in [7, 11) is 3.34. The second-order valence-corrected chi connectivity index (χ2v) is 14.7. The first kappa shape index (κ1) is 35.9. The van der Waals surface area contributed by atoms with Crippen LogP contribution in [0.5, 0.6) is 23.0 Å². The fourth-order valence-electron chi connectivity index (χ4n) is 8.86. The van der Waals surface area contributed by atoms with Gasteiger partial charge in [-0.25, -0.2) is 0 Å². The van der Waals surface area contributed by atoms with Crippen LogP contribution in [0, 0.1) is 23.7 Å². The topological polar surface area (TPSA) is 112 Å². The molecule has 6 atom stereocenters. The number of carboxylic acid groups (broad SMARTS) is 2. The van der Waals surface area contributed by atoms with Crippen LogP contribution in [0.1, 0.15) is 127 Å². The van der Waals surface area contributed by atoms with Gasteiger partial charge in [-0.15, -0.1) is 0 Å². The average Bonchev–Trinajstić information content (AvgIpc) is 3.89. The van der Waals surface area contributed by atoms with E-state index in [1.165, 1.54) is 36.8 Å². The maximum Gasteiger partial charge on any atom is 0.303 e. The number of carbonyl (C=O) groups is 2. The molecule has 0 aromatic heterocycles. The van der Waals surface area contributed by atoms with Crippen molar-refractivity contribution in [3.8, 4) is 23.0 Å². The van der Waals surface area contributed by atoms with Gasteiger partial charge in [0.25, 0.3) is 0 Å². The number of aliphatic carboxylic acids is 2. The Bertz CT molecular complexity index is 1260. The quantitative estimate of drug-likeness (QED) is 0.231. The van der Waals surface area contributed by atoms with E-state index in [4.69, 9.17) is 18.9 Å². The van der Waals surface area contributed by atoms with Crippen LogP contribution in [-0.4, -0.2) is 48.6 Å². The van der Waals surface area contributed by atoms with Crippen molar-refractivity contribution >= 4 is 11.9 Å². The van der Waals surface area contributed by atoms with E-state index in [1.807, 2.05) is 12.1 Å². The van der Waals surface area contributed by atoms with Crippen molar-refractivity contribution in [1.29, 1.82) is 0 Å². The molecule has 0 spiro atoms. The molecule has 48 heavy (non-hydrogen) atoms. The molecule has 2 aromatic carbocycles. The highest BCUT2D eigenvalue weighted by Crippen LogP contribution is 2.48. The third-order valence-electron chi connectivity index (χ3n) is 11.6. The lowest BCUT2D eigenvalue weighted by Gasteiger charge is -2.23. The van der Waals surface area contributed by atoms with Gasteiger partial charge in [0.05, 0.1) is 26.4 Å². The van der Waals surface area contributed by atoms with Crippen LogP contribution in [-0.2, 0) is 9.59 Å². The molecule has 0 bridgehead atoms. The van der Waals surface area contributed by atoms with Crippen LogP contribution >= 0.6 is 0 Å². The number of hydrogen-bond donors (Lipinski definition) is 2. The lowest BCUT2D eigenvalue weighted by Crippen LogP contribution is -2.17. The highest BCUT2D eigenvalue weighted by atomic mass is 16.5. The predicted octanol–water partition coefficient (Wildman–Crippen LogP) is 9.24. The van der Waals surface area contributed by atoms with E-state index in [0.29, 0.717) is 23.7 Å². The summed E-state index contributed by atoms with van der Waals surface area (Å²) in [5, 5.41) is 18.5. The van der Waals surface area contributed by atoms with Gasteiger partial charge in [-0.1, -0.05) is 26.0 Å². The third kappa shape index (κ3) is 8.97. The zero-order valence-corrected chi connectivity index (χ0v) is 29.3. The standard InChI is InChI=1S/2C20H28O4/c2*1-13-7-9-16(17(13)12-20(21)22)14-8-10-18(23-2)19(11-14)24-15-5-3-4-6-15/h2*8,10-11,13,15-17H,3-7,9,12H2,1-2H3,(H,21,22). The molecule has 2 N–H and O–H groups in total. The summed E-state index contributed by atoms with van der Waals surface area (Å²) in [6, 6.07) is 12.3. The van der Waals surface area contributed by atoms with Gasteiger partial charge in [-0.2, -0.15) is 0 Å². The van der Waals surface area contributed by atoms with E-state index in [1.54, 1.807) is 14.2 Å². The largest absolute Gasteiger partial charge is 0.493 e. The minimum atomic E-state index is -0.699. The molecule has 8 nitrogen and oxygen atoms in total. The maximum atomic E-state index is 11.2. The molecule has 0 heterocycles. The number of methoxy groups -OCH3 is 2. The second-order valence-electron chi connectivity index (χ2n) is 14.7. The van der Waals surface area contributed by atoms with Crippen LogP contribution in [0.4, 0.5) is 0 Å². The number of carboxylic acids is 2. The van der Waals surface area contributed by atoms with Crippen LogP contribution < -0.4 is 18.9 Å². The van der Waals surface area contributed by atoms with E-state index in [2.05, 4.69) is 38.1 Å². The fourth-order valence-corrected chi connectivity index (χ4v) is 8.86. The minimum Gasteiger partial charge on any atom is -0.493 e. The Morgan fingerprint density at radius 2 is 0.958 bits per heavy atom. The Labute approximate surface area is 286 Å². The lowest BCUT2D eigenvalue weighted by atomic mass is 9.83.